The average Bonchev–Trinajstić information content (AvgIpc) is 2.76. The number of hydrazone groups is 1. The van der Waals surface area contributed by atoms with Gasteiger partial charge in [-0.2, -0.15) is 5.10 Å². The van der Waals surface area contributed by atoms with Crippen molar-refractivity contribution in [2.24, 2.45) is 5.10 Å². The van der Waals surface area contributed by atoms with Crippen molar-refractivity contribution in [3.05, 3.63) is 91.4 Å². The Morgan fingerprint density at radius 3 is 2.34 bits per heavy atom. The van der Waals surface area contributed by atoms with Gasteiger partial charge in [0.25, 0.3) is 5.91 Å². The Labute approximate surface area is 205 Å². The van der Waals surface area contributed by atoms with Gasteiger partial charge in [0, 0.05) is 21.2 Å². The van der Waals surface area contributed by atoms with Gasteiger partial charge in [-0.1, -0.05) is 52.5 Å². The summed E-state index contributed by atoms with van der Waals surface area (Å²) in [6.07, 6.45) is 1.49. The van der Waals surface area contributed by atoms with Crippen LogP contribution in [-0.2, 0) is 6.61 Å². The first-order valence-electron chi connectivity index (χ1n) is 9.50. The lowest BCUT2D eigenvalue weighted by Gasteiger charge is -2.14. The Bertz CT molecular complexity index is 1130. The Balaban J connectivity index is 1.69. The van der Waals surface area contributed by atoms with Crippen LogP contribution in [0, 0.1) is 0 Å². The van der Waals surface area contributed by atoms with Gasteiger partial charge in [-0.3, -0.25) is 4.79 Å². The zero-order chi connectivity index (χ0) is 23.1. The van der Waals surface area contributed by atoms with E-state index in [2.05, 4.69) is 10.5 Å². The number of amides is 1. The van der Waals surface area contributed by atoms with Crippen LogP contribution in [0.3, 0.4) is 0 Å². The molecule has 9 heteroatoms. The quantitative estimate of drug-likeness (QED) is 0.260. The second-order valence-corrected chi connectivity index (χ2v) is 8.08. The normalized spacial score (nSPS) is 10.9. The van der Waals surface area contributed by atoms with Crippen molar-refractivity contribution < 1.29 is 14.3 Å². The maximum Gasteiger partial charge on any atom is 0.271 e. The van der Waals surface area contributed by atoms with E-state index in [1.54, 1.807) is 48.5 Å². The van der Waals surface area contributed by atoms with Crippen molar-refractivity contribution in [3.8, 4) is 11.5 Å². The third kappa shape index (κ3) is 6.30. The van der Waals surface area contributed by atoms with Crippen LogP contribution < -0.4 is 14.9 Å². The van der Waals surface area contributed by atoms with E-state index in [1.807, 2.05) is 6.92 Å². The van der Waals surface area contributed by atoms with E-state index in [-0.39, 0.29) is 6.61 Å². The SMILES string of the molecule is CCOc1cc(/C=N\NC(=O)c2ccc(Cl)c(Cl)c2)ccc1OCc1c(Cl)cccc1Cl. The van der Waals surface area contributed by atoms with E-state index >= 15 is 0 Å². The van der Waals surface area contributed by atoms with Crippen molar-refractivity contribution in [2.75, 3.05) is 6.61 Å². The van der Waals surface area contributed by atoms with Gasteiger partial charge in [0.05, 0.1) is 22.9 Å². The molecule has 0 saturated heterocycles. The summed E-state index contributed by atoms with van der Waals surface area (Å²) in [5.74, 6) is 0.636. The Morgan fingerprint density at radius 2 is 1.66 bits per heavy atom. The number of carbonyl (C=O) groups excluding carboxylic acids is 1. The van der Waals surface area contributed by atoms with E-state index in [4.69, 9.17) is 55.9 Å². The lowest BCUT2D eigenvalue weighted by molar-refractivity contribution is 0.0955. The molecular formula is C23H18Cl4N2O3. The van der Waals surface area contributed by atoms with E-state index in [1.165, 1.54) is 12.3 Å². The van der Waals surface area contributed by atoms with Gasteiger partial charge in [-0.25, -0.2) is 5.43 Å². The van der Waals surface area contributed by atoms with E-state index < -0.39 is 5.91 Å². The van der Waals surface area contributed by atoms with Crippen molar-refractivity contribution in [2.45, 2.75) is 13.5 Å². The predicted octanol–water partition coefficient (Wildman–Crippen LogP) is 7.04. The summed E-state index contributed by atoms with van der Waals surface area (Å²) >= 11 is 24.2. The molecule has 3 aromatic rings. The Morgan fingerprint density at radius 1 is 0.906 bits per heavy atom. The number of rotatable bonds is 8. The number of halogens is 4. The summed E-state index contributed by atoms with van der Waals surface area (Å²) in [6.45, 7) is 2.50. The van der Waals surface area contributed by atoms with Gasteiger partial charge in [-0.15, -0.1) is 0 Å². The highest BCUT2D eigenvalue weighted by Gasteiger charge is 2.11. The number of benzene rings is 3. The molecule has 166 valence electrons. The molecule has 0 heterocycles. The van der Waals surface area contributed by atoms with Gasteiger partial charge < -0.3 is 9.47 Å². The van der Waals surface area contributed by atoms with Crippen molar-refractivity contribution in [1.29, 1.82) is 0 Å². The summed E-state index contributed by atoms with van der Waals surface area (Å²) in [4.78, 5) is 12.2. The van der Waals surface area contributed by atoms with E-state index in [9.17, 15) is 4.79 Å². The molecule has 0 bridgehead atoms. The molecule has 0 aromatic heterocycles. The number of ether oxygens (including phenoxy) is 2. The van der Waals surface area contributed by atoms with Crippen LogP contribution in [-0.4, -0.2) is 18.7 Å². The van der Waals surface area contributed by atoms with Crippen LogP contribution in [0.25, 0.3) is 0 Å². The largest absolute Gasteiger partial charge is 0.490 e. The molecular weight excluding hydrogens is 494 g/mol. The van der Waals surface area contributed by atoms with Crippen LogP contribution in [0.2, 0.25) is 20.1 Å². The second kappa shape index (κ2) is 11.4. The fraction of sp³-hybridized carbons (Fsp3) is 0.130. The topological polar surface area (TPSA) is 59.9 Å². The molecule has 3 rings (SSSR count). The predicted molar refractivity (Wildman–Crippen MR) is 130 cm³/mol. The van der Waals surface area contributed by atoms with Gasteiger partial charge in [0.2, 0.25) is 0 Å². The second-order valence-electron chi connectivity index (χ2n) is 6.46. The molecule has 0 aliphatic carbocycles. The molecule has 5 nitrogen and oxygen atoms in total. The minimum absolute atomic E-state index is 0.186. The number of nitrogens with zero attached hydrogens (tertiary/aromatic N) is 1. The highest BCUT2D eigenvalue weighted by molar-refractivity contribution is 6.42. The molecule has 0 saturated carbocycles. The van der Waals surface area contributed by atoms with Crippen molar-refractivity contribution in [1.82, 2.24) is 5.43 Å². The summed E-state index contributed by atoms with van der Waals surface area (Å²) in [5.41, 5.74) is 4.18. The Kier molecular flexibility index (Phi) is 8.65. The summed E-state index contributed by atoms with van der Waals surface area (Å²) < 4.78 is 11.6. The third-order valence-corrected chi connectivity index (χ3v) is 5.71. The average molecular weight is 512 g/mol. The minimum Gasteiger partial charge on any atom is -0.490 e. The monoisotopic (exact) mass is 510 g/mol. The van der Waals surface area contributed by atoms with Crippen molar-refractivity contribution >= 4 is 58.5 Å². The van der Waals surface area contributed by atoms with E-state index in [0.29, 0.717) is 54.9 Å². The molecule has 0 unspecified atom stereocenters. The van der Waals surface area contributed by atoms with Crippen LogP contribution in [0.1, 0.15) is 28.4 Å². The van der Waals surface area contributed by atoms with Crippen LogP contribution >= 0.6 is 46.4 Å². The van der Waals surface area contributed by atoms with E-state index in [0.717, 1.165) is 0 Å². The smallest absolute Gasteiger partial charge is 0.271 e. The third-order valence-electron chi connectivity index (χ3n) is 4.26. The molecule has 0 aliphatic rings. The number of hydrogen-bond donors (Lipinski definition) is 1. The maximum atomic E-state index is 12.2. The molecule has 3 aromatic carbocycles. The molecule has 1 N–H and O–H groups in total. The zero-order valence-electron chi connectivity index (χ0n) is 16.9. The lowest BCUT2D eigenvalue weighted by Crippen LogP contribution is -2.17. The lowest BCUT2D eigenvalue weighted by atomic mass is 10.2. The number of hydrogen-bond acceptors (Lipinski definition) is 4. The standard InChI is InChI=1S/C23H18Cl4N2O3/c1-2-31-22-10-14(12-28-29-23(30)15-7-8-19(26)20(27)11-15)6-9-21(22)32-13-16-17(24)4-3-5-18(16)25/h3-12H,2,13H2,1H3,(H,29,30)/b28-12-. The Hall–Kier alpha value is -2.44. The molecule has 1 amide bonds. The molecule has 0 fully saturated rings. The first-order valence-corrected chi connectivity index (χ1v) is 11.0. The molecule has 0 spiro atoms. The zero-order valence-corrected chi connectivity index (χ0v) is 19.9. The summed E-state index contributed by atoms with van der Waals surface area (Å²) in [7, 11) is 0. The summed E-state index contributed by atoms with van der Waals surface area (Å²) in [5, 5.41) is 5.70. The highest BCUT2D eigenvalue weighted by atomic mass is 35.5. The fourth-order valence-corrected chi connectivity index (χ4v) is 3.48. The highest BCUT2D eigenvalue weighted by Crippen LogP contribution is 2.31. The molecule has 0 atom stereocenters. The first-order chi connectivity index (χ1) is 15.4. The number of carbonyl (C=O) groups is 1. The minimum atomic E-state index is -0.415. The van der Waals surface area contributed by atoms with Gasteiger partial charge >= 0.3 is 0 Å². The van der Waals surface area contributed by atoms with Crippen LogP contribution in [0.15, 0.2) is 59.7 Å². The van der Waals surface area contributed by atoms with Gasteiger partial charge in [0.15, 0.2) is 11.5 Å². The molecule has 0 aliphatic heterocycles. The summed E-state index contributed by atoms with van der Waals surface area (Å²) in [6, 6.07) is 15.1. The molecule has 0 radical (unpaired) electrons. The maximum absolute atomic E-state index is 12.2. The fourth-order valence-electron chi connectivity index (χ4n) is 2.68. The molecule has 32 heavy (non-hydrogen) atoms. The van der Waals surface area contributed by atoms with Gasteiger partial charge in [0.1, 0.15) is 6.61 Å². The van der Waals surface area contributed by atoms with Crippen molar-refractivity contribution in [3.63, 3.8) is 0 Å². The first kappa shape index (κ1) is 24.2. The number of nitrogens with one attached hydrogen (secondary N) is 1. The van der Waals surface area contributed by atoms with Crippen LogP contribution in [0.5, 0.6) is 11.5 Å². The van der Waals surface area contributed by atoms with Gasteiger partial charge in [-0.05, 0) is 61.0 Å². The van der Waals surface area contributed by atoms with Crippen LogP contribution in [0.4, 0.5) is 0 Å².